The largest absolute Gasteiger partial charge is 0.388 e. The lowest BCUT2D eigenvalue weighted by Gasteiger charge is -2.23. The Morgan fingerprint density at radius 2 is 2.11 bits per heavy atom. The Balaban J connectivity index is 2.21. The summed E-state index contributed by atoms with van der Waals surface area (Å²) in [7, 11) is 2.06. The topological polar surface area (TPSA) is 23.5 Å². The maximum Gasteiger partial charge on any atom is 0.0807 e. The quantitative estimate of drug-likeness (QED) is 0.860. The van der Waals surface area contributed by atoms with Gasteiger partial charge in [0, 0.05) is 33.0 Å². The monoisotopic (exact) mass is 339 g/mol. The molecular formula is C15H18BrNOS. The zero-order chi connectivity index (χ0) is 13.8. The van der Waals surface area contributed by atoms with Gasteiger partial charge in [0.15, 0.2) is 0 Å². The molecule has 1 aromatic heterocycles. The Labute approximate surface area is 126 Å². The fraction of sp³-hybridized carbons (Fsp3) is 0.333. The molecule has 1 aromatic carbocycles. The van der Waals surface area contributed by atoms with Crippen molar-refractivity contribution in [3.63, 3.8) is 0 Å². The minimum Gasteiger partial charge on any atom is -0.388 e. The third kappa shape index (κ3) is 3.59. The number of hydrogen-bond acceptors (Lipinski definition) is 3. The van der Waals surface area contributed by atoms with Gasteiger partial charge in [-0.2, -0.15) is 0 Å². The van der Waals surface area contributed by atoms with Gasteiger partial charge in [-0.1, -0.05) is 25.1 Å². The average Bonchev–Trinajstić information content (AvgIpc) is 2.83. The summed E-state index contributed by atoms with van der Waals surface area (Å²) in [5.74, 6) is 0. The van der Waals surface area contributed by atoms with Crippen LogP contribution in [0.15, 0.2) is 40.2 Å². The smallest absolute Gasteiger partial charge is 0.0807 e. The Morgan fingerprint density at radius 1 is 1.37 bits per heavy atom. The number of benzene rings is 1. The normalized spacial score (nSPS) is 12.4. The van der Waals surface area contributed by atoms with Crippen molar-refractivity contribution >= 4 is 33.0 Å². The second kappa shape index (κ2) is 6.55. The molecule has 1 heterocycles. The summed E-state index contributed by atoms with van der Waals surface area (Å²) in [6.07, 6.45) is 0.337. The molecule has 0 aliphatic heterocycles. The molecule has 2 rings (SSSR count). The highest BCUT2D eigenvalue weighted by molar-refractivity contribution is 9.10. The number of para-hydroxylation sites is 1. The fourth-order valence-electron chi connectivity index (χ4n) is 2.09. The molecule has 4 heteroatoms. The molecule has 0 spiro atoms. The van der Waals surface area contributed by atoms with Gasteiger partial charge in [0.25, 0.3) is 0 Å². The lowest BCUT2D eigenvalue weighted by atomic mass is 10.0. The van der Waals surface area contributed by atoms with Crippen LogP contribution in [-0.4, -0.2) is 12.2 Å². The second-order valence-electron chi connectivity index (χ2n) is 4.57. The minimum absolute atomic E-state index is 0.395. The Hall–Kier alpha value is -0.840. The minimum atomic E-state index is -0.395. The number of halogens is 1. The van der Waals surface area contributed by atoms with E-state index in [1.165, 1.54) is 4.88 Å². The Morgan fingerprint density at radius 3 is 2.74 bits per heavy atom. The zero-order valence-electron chi connectivity index (χ0n) is 11.1. The number of anilines is 1. The van der Waals surface area contributed by atoms with E-state index in [4.69, 9.17) is 0 Å². The molecule has 0 aliphatic rings. The second-order valence-corrected chi connectivity index (χ2v) is 6.48. The van der Waals surface area contributed by atoms with Crippen molar-refractivity contribution in [2.75, 3.05) is 11.9 Å². The van der Waals surface area contributed by atoms with Crippen LogP contribution in [0.5, 0.6) is 0 Å². The van der Waals surface area contributed by atoms with Crippen LogP contribution in [0.25, 0.3) is 0 Å². The molecule has 1 unspecified atom stereocenters. The lowest BCUT2D eigenvalue weighted by Crippen LogP contribution is -2.18. The van der Waals surface area contributed by atoms with Crippen LogP contribution in [-0.2, 0) is 6.54 Å². The zero-order valence-corrected chi connectivity index (χ0v) is 13.5. The number of rotatable bonds is 5. The molecule has 0 saturated heterocycles. The van der Waals surface area contributed by atoms with Crippen molar-refractivity contribution in [1.82, 2.24) is 0 Å². The van der Waals surface area contributed by atoms with E-state index < -0.39 is 6.10 Å². The van der Waals surface area contributed by atoms with Crippen LogP contribution in [0, 0.1) is 0 Å². The van der Waals surface area contributed by atoms with Crippen LogP contribution < -0.4 is 4.90 Å². The van der Waals surface area contributed by atoms with Gasteiger partial charge in [0.05, 0.1) is 12.6 Å². The van der Waals surface area contributed by atoms with Gasteiger partial charge in [-0.15, -0.1) is 11.3 Å². The SMILES string of the molecule is CCC(O)c1ccccc1N(C)Cc1cc(Br)cs1. The van der Waals surface area contributed by atoms with E-state index in [1.54, 1.807) is 11.3 Å². The van der Waals surface area contributed by atoms with Crippen molar-refractivity contribution in [3.05, 3.63) is 50.6 Å². The molecule has 0 saturated carbocycles. The van der Waals surface area contributed by atoms with E-state index in [-0.39, 0.29) is 0 Å². The molecule has 1 atom stereocenters. The fourth-order valence-corrected chi connectivity index (χ4v) is 3.60. The van der Waals surface area contributed by atoms with Crippen molar-refractivity contribution < 1.29 is 5.11 Å². The lowest BCUT2D eigenvalue weighted by molar-refractivity contribution is 0.174. The van der Waals surface area contributed by atoms with Gasteiger partial charge in [-0.25, -0.2) is 0 Å². The predicted octanol–water partition coefficient (Wildman–Crippen LogP) is 4.59. The van der Waals surface area contributed by atoms with Crippen molar-refractivity contribution in [2.24, 2.45) is 0 Å². The van der Waals surface area contributed by atoms with Gasteiger partial charge < -0.3 is 10.0 Å². The third-order valence-electron chi connectivity index (χ3n) is 3.11. The molecular weight excluding hydrogens is 322 g/mol. The van der Waals surface area contributed by atoms with E-state index in [0.29, 0.717) is 0 Å². The summed E-state index contributed by atoms with van der Waals surface area (Å²) in [5, 5.41) is 12.2. The molecule has 0 fully saturated rings. The highest BCUT2D eigenvalue weighted by Gasteiger charge is 2.13. The summed E-state index contributed by atoms with van der Waals surface area (Å²) in [6.45, 7) is 2.85. The van der Waals surface area contributed by atoms with Crippen LogP contribution in [0.4, 0.5) is 5.69 Å². The highest BCUT2D eigenvalue weighted by Crippen LogP contribution is 2.29. The number of aliphatic hydroxyl groups is 1. The summed E-state index contributed by atoms with van der Waals surface area (Å²) < 4.78 is 1.13. The average molecular weight is 340 g/mol. The van der Waals surface area contributed by atoms with Gasteiger partial charge in [-0.3, -0.25) is 0 Å². The Bertz CT molecular complexity index is 540. The first-order chi connectivity index (χ1) is 9.11. The van der Waals surface area contributed by atoms with E-state index in [0.717, 1.165) is 28.7 Å². The molecule has 19 heavy (non-hydrogen) atoms. The van der Waals surface area contributed by atoms with Gasteiger partial charge in [0.1, 0.15) is 0 Å². The van der Waals surface area contributed by atoms with E-state index in [1.807, 2.05) is 25.1 Å². The number of aliphatic hydroxyl groups excluding tert-OH is 1. The third-order valence-corrected chi connectivity index (χ3v) is 4.79. The van der Waals surface area contributed by atoms with Crippen LogP contribution in [0.2, 0.25) is 0 Å². The number of thiophene rings is 1. The maximum absolute atomic E-state index is 10.1. The first kappa shape index (κ1) is 14.6. The molecule has 1 N–H and O–H groups in total. The van der Waals surface area contributed by atoms with Crippen molar-refractivity contribution in [1.29, 1.82) is 0 Å². The van der Waals surface area contributed by atoms with Crippen molar-refractivity contribution in [3.8, 4) is 0 Å². The van der Waals surface area contributed by atoms with Gasteiger partial charge in [-0.05, 0) is 34.5 Å². The molecule has 0 amide bonds. The molecule has 0 radical (unpaired) electrons. The first-order valence-corrected chi connectivity index (χ1v) is 8.00. The van der Waals surface area contributed by atoms with Crippen LogP contribution in [0.3, 0.4) is 0 Å². The van der Waals surface area contributed by atoms with Crippen molar-refractivity contribution in [2.45, 2.75) is 26.0 Å². The summed E-state index contributed by atoms with van der Waals surface area (Å²) in [4.78, 5) is 3.49. The summed E-state index contributed by atoms with van der Waals surface area (Å²) in [6, 6.07) is 10.2. The number of hydrogen-bond donors (Lipinski definition) is 1. The van der Waals surface area contributed by atoms with E-state index in [2.05, 4.69) is 45.4 Å². The van der Waals surface area contributed by atoms with Crippen LogP contribution >= 0.6 is 27.3 Å². The first-order valence-electron chi connectivity index (χ1n) is 6.33. The summed E-state index contributed by atoms with van der Waals surface area (Å²) >= 11 is 5.22. The summed E-state index contributed by atoms with van der Waals surface area (Å²) in [5.41, 5.74) is 2.10. The van der Waals surface area contributed by atoms with E-state index >= 15 is 0 Å². The van der Waals surface area contributed by atoms with Crippen LogP contribution in [0.1, 0.15) is 29.9 Å². The molecule has 2 nitrogen and oxygen atoms in total. The molecule has 0 aliphatic carbocycles. The molecule has 0 bridgehead atoms. The molecule has 2 aromatic rings. The predicted molar refractivity (Wildman–Crippen MR) is 85.8 cm³/mol. The Kier molecular flexibility index (Phi) is 5.02. The van der Waals surface area contributed by atoms with E-state index in [9.17, 15) is 5.11 Å². The number of nitrogens with zero attached hydrogens (tertiary/aromatic N) is 1. The maximum atomic E-state index is 10.1. The highest BCUT2D eigenvalue weighted by atomic mass is 79.9. The van der Waals surface area contributed by atoms with Gasteiger partial charge in [0.2, 0.25) is 0 Å². The van der Waals surface area contributed by atoms with Gasteiger partial charge >= 0.3 is 0 Å². The molecule has 102 valence electrons. The standard InChI is InChI=1S/C15H18BrNOS/c1-3-15(18)13-6-4-5-7-14(13)17(2)9-12-8-11(16)10-19-12/h4-8,10,15,18H,3,9H2,1-2H3.